The fourth-order valence-corrected chi connectivity index (χ4v) is 3.94. The average Bonchev–Trinajstić information content (AvgIpc) is 3.31. The summed E-state index contributed by atoms with van der Waals surface area (Å²) >= 11 is 9.04. The molecule has 0 unspecified atom stereocenters. The maximum Gasteiger partial charge on any atom is 0.214 e. The highest BCUT2D eigenvalue weighted by molar-refractivity contribution is 7.98. The van der Waals surface area contributed by atoms with E-state index in [9.17, 15) is 0 Å². The van der Waals surface area contributed by atoms with E-state index < -0.39 is 0 Å². The molecule has 0 spiro atoms. The normalized spacial score (nSPS) is 10.9. The molecule has 0 saturated carbocycles. The molecule has 9 heteroatoms. The molecule has 0 radical (unpaired) electrons. The van der Waals surface area contributed by atoms with Crippen LogP contribution < -0.4 is 0 Å². The lowest BCUT2D eigenvalue weighted by molar-refractivity contribution is 0.756. The summed E-state index contributed by atoms with van der Waals surface area (Å²) in [5.41, 5.74) is 2.72. The molecule has 6 nitrogen and oxygen atoms in total. The fourth-order valence-electron chi connectivity index (χ4n) is 2.13. The number of aromatic nitrogens is 6. The van der Waals surface area contributed by atoms with Gasteiger partial charge in [0.15, 0.2) is 0 Å². The van der Waals surface area contributed by atoms with Gasteiger partial charge in [-0.3, -0.25) is 4.98 Å². The van der Waals surface area contributed by atoms with Crippen LogP contribution in [0.25, 0.3) is 16.4 Å². The number of nitrogens with zero attached hydrogens (tertiary/aromatic N) is 6. The van der Waals surface area contributed by atoms with E-state index in [1.165, 1.54) is 11.8 Å². The van der Waals surface area contributed by atoms with Crippen LogP contribution in [0.4, 0.5) is 0 Å². The second-order valence-electron chi connectivity index (χ2n) is 5.00. The van der Waals surface area contributed by atoms with E-state index in [0.717, 1.165) is 22.1 Å². The fraction of sp³-hybridized carbons (Fsp3) is 0.0625. The van der Waals surface area contributed by atoms with Gasteiger partial charge < -0.3 is 0 Å². The standard InChI is InChI=1S/C16H11ClN6S2/c17-11-4-6-13(7-5-11)23-16(20-21-22-23)25-10-12-9-24-15(19-12)14-3-1-2-8-18-14/h1-9H,10H2. The summed E-state index contributed by atoms with van der Waals surface area (Å²) in [6.07, 6.45) is 1.77. The summed E-state index contributed by atoms with van der Waals surface area (Å²) in [5.74, 6) is 0.678. The summed E-state index contributed by atoms with van der Waals surface area (Å²) in [4.78, 5) is 8.96. The Labute approximate surface area is 156 Å². The summed E-state index contributed by atoms with van der Waals surface area (Å²) in [6.45, 7) is 0. The van der Waals surface area contributed by atoms with Crippen LogP contribution in [0.5, 0.6) is 0 Å². The van der Waals surface area contributed by atoms with Crippen molar-refractivity contribution in [3.05, 3.63) is 64.8 Å². The van der Waals surface area contributed by atoms with Gasteiger partial charge in [0.1, 0.15) is 5.01 Å². The van der Waals surface area contributed by atoms with Gasteiger partial charge in [-0.05, 0) is 46.8 Å². The molecule has 4 rings (SSSR count). The number of hydrogen-bond acceptors (Lipinski definition) is 7. The van der Waals surface area contributed by atoms with Crippen LogP contribution in [0, 0.1) is 0 Å². The van der Waals surface area contributed by atoms with E-state index in [4.69, 9.17) is 11.6 Å². The molecule has 0 aliphatic carbocycles. The van der Waals surface area contributed by atoms with Gasteiger partial charge in [0.05, 0.1) is 17.1 Å². The largest absolute Gasteiger partial charge is 0.254 e. The molecule has 0 aliphatic rings. The highest BCUT2D eigenvalue weighted by Crippen LogP contribution is 2.27. The van der Waals surface area contributed by atoms with Crippen molar-refractivity contribution in [2.75, 3.05) is 0 Å². The van der Waals surface area contributed by atoms with E-state index in [1.807, 2.05) is 47.8 Å². The lowest BCUT2D eigenvalue weighted by Gasteiger charge is -2.03. The third-order valence-electron chi connectivity index (χ3n) is 3.30. The first-order valence-electron chi connectivity index (χ1n) is 7.32. The monoisotopic (exact) mass is 386 g/mol. The summed E-state index contributed by atoms with van der Waals surface area (Å²) in [5, 5.41) is 16.2. The molecular formula is C16H11ClN6S2. The van der Waals surface area contributed by atoms with Gasteiger partial charge in [-0.25, -0.2) is 4.98 Å². The van der Waals surface area contributed by atoms with E-state index >= 15 is 0 Å². The number of hydrogen-bond donors (Lipinski definition) is 0. The van der Waals surface area contributed by atoms with Crippen molar-refractivity contribution in [2.24, 2.45) is 0 Å². The van der Waals surface area contributed by atoms with Crippen molar-refractivity contribution in [2.45, 2.75) is 10.9 Å². The molecule has 0 atom stereocenters. The minimum Gasteiger partial charge on any atom is -0.254 e. The number of thiazole rings is 1. The Morgan fingerprint density at radius 2 is 2.00 bits per heavy atom. The van der Waals surface area contributed by atoms with Gasteiger partial charge in [0.25, 0.3) is 0 Å². The first kappa shape index (κ1) is 16.2. The Kier molecular flexibility index (Phi) is 4.73. The van der Waals surface area contributed by atoms with Crippen LogP contribution in [0.2, 0.25) is 5.02 Å². The number of tetrazole rings is 1. The van der Waals surface area contributed by atoms with E-state index in [2.05, 4.69) is 25.5 Å². The second-order valence-corrected chi connectivity index (χ2v) is 7.23. The van der Waals surface area contributed by atoms with Crippen LogP contribution in [0.1, 0.15) is 5.69 Å². The molecule has 0 bridgehead atoms. The number of halogens is 1. The predicted octanol–water partition coefficient (Wildman–Crippen LogP) is 4.13. The molecule has 3 heterocycles. The quantitative estimate of drug-likeness (QED) is 0.480. The lowest BCUT2D eigenvalue weighted by Crippen LogP contribution is -1.98. The van der Waals surface area contributed by atoms with Gasteiger partial charge >= 0.3 is 0 Å². The second kappa shape index (κ2) is 7.30. The van der Waals surface area contributed by atoms with Crippen molar-refractivity contribution < 1.29 is 0 Å². The Balaban J connectivity index is 1.49. The summed E-state index contributed by atoms with van der Waals surface area (Å²) < 4.78 is 1.69. The predicted molar refractivity (Wildman–Crippen MR) is 99.1 cm³/mol. The number of thioether (sulfide) groups is 1. The van der Waals surface area contributed by atoms with Crippen LogP contribution in [-0.4, -0.2) is 30.2 Å². The highest BCUT2D eigenvalue weighted by Gasteiger charge is 2.11. The zero-order valence-corrected chi connectivity index (χ0v) is 15.2. The van der Waals surface area contributed by atoms with Gasteiger partial charge in [0.2, 0.25) is 5.16 Å². The molecule has 25 heavy (non-hydrogen) atoms. The van der Waals surface area contributed by atoms with Crippen molar-refractivity contribution in [3.8, 4) is 16.4 Å². The topological polar surface area (TPSA) is 69.4 Å². The van der Waals surface area contributed by atoms with Crippen LogP contribution in [0.15, 0.2) is 59.2 Å². The Hall–Kier alpha value is -2.29. The first-order chi connectivity index (χ1) is 12.3. The van der Waals surface area contributed by atoms with Crippen LogP contribution in [0.3, 0.4) is 0 Å². The van der Waals surface area contributed by atoms with Gasteiger partial charge in [-0.1, -0.05) is 29.4 Å². The molecule has 4 aromatic rings. The van der Waals surface area contributed by atoms with E-state index in [1.54, 1.807) is 22.2 Å². The summed E-state index contributed by atoms with van der Waals surface area (Å²) in [6, 6.07) is 13.2. The molecule has 0 aliphatic heterocycles. The molecule has 1 aromatic carbocycles. The minimum absolute atomic E-state index is 0.676. The SMILES string of the molecule is Clc1ccc(-n2nnnc2SCc2csc(-c3ccccn3)n2)cc1. The molecule has 0 amide bonds. The maximum absolute atomic E-state index is 5.93. The lowest BCUT2D eigenvalue weighted by atomic mass is 10.3. The smallest absolute Gasteiger partial charge is 0.214 e. The van der Waals surface area contributed by atoms with Gasteiger partial charge in [0, 0.05) is 22.4 Å². The molecule has 0 saturated heterocycles. The minimum atomic E-state index is 0.676. The molecule has 0 N–H and O–H groups in total. The number of rotatable bonds is 5. The highest BCUT2D eigenvalue weighted by atomic mass is 35.5. The van der Waals surface area contributed by atoms with Crippen LogP contribution >= 0.6 is 34.7 Å². The van der Waals surface area contributed by atoms with Gasteiger partial charge in [-0.2, -0.15) is 4.68 Å². The van der Waals surface area contributed by atoms with Crippen LogP contribution in [-0.2, 0) is 5.75 Å². The van der Waals surface area contributed by atoms with E-state index in [0.29, 0.717) is 15.9 Å². The number of pyridine rings is 1. The third-order valence-corrected chi connectivity index (χ3v) is 5.42. The zero-order chi connectivity index (χ0) is 17.1. The third kappa shape index (κ3) is 3.71. The maximum atomic E-state index is 5.93. The number of benzene rings is 1. The Morgan fingerprint density at radius 1 is 1.12 bits per heavy atom. The molecule has 0 fully saturated rings. The molecule has 3 aromatic heterocycles. The van der Waals surface area contributed by atoms with Crippen molar-refractivity contribution in [1.29, 1.82) is 0 Å². The van der Waals surface area contributed by atoms with Crippen molar-refractivity contribution in [3.63, 3.8) is 0 Å². The Morgan fingerprint density at radius 3 is 2.80 bits per heavy atom. The molecular weight excluding hydrogens is 376 g/mol. The molecule has 124 valence electrons. The Bertz CT molecular complexity index is 968. The van der Waals surface area contributed by atoms with Gasteiger partial charge in [-0.15, -0.1) is 16.4 Å². The van der Waals surface area contributed by atoms with Crippen molar-refractivity contribution in [1.82, 2.24) is 30.2 Å². The summed E-state index contributed by atoms with van der Waals surface area (Å²) in [7, 11) is 0. The zero-order valence-electron chi connectivity index (χ0n) is 12.8. The van der Waals surface area contributed by atoms with E-state index in [-0.39, 0.29) is 0 Å². The first-order valence-corrected chi connectivity index (χ1v) is 9.57. The van der Waals surface area contributed by atoms with Crippen molar-refractivity contribution >= 4 is 34.7 Å². The average molecular weight is 387 g/mol.